The number of carbonyl (C=O) groups is 4. The fourth-order valence-electron chi connectivity index (χ4n) is 0.504. The van der Waals surface area contributed by atoms with E-state index in [-0.39, 0.29) is 0 Å². The predicted octanol–water partition coefficient (Wildman–Crippen LogP) is -2.35. The third kappa shape index (κ3) is 8.22. The molecule has 8 nitrogen and oxygen atoms in total. The maximum atomic E-state index is 10.5. The van der Waals surface area contributed by atoms with E-state index in [2.05, 4.69) is 9.47 Å². The van der Waals surface area contributed by atoms with Crippen LogP contribution in [0.2, 0.25) is 0 Å². The van der Waals surface area contributed by atoms with Gasteiger partial charge >= 0.3 is 17.9 Å². The van der Waals surface area contributed by atoms with Crippen molar-refractivity contribution in [3.63, 3.8) is 0 Å². The molecule has 0 saturated heterocycles. The Morgan fingerprint density at radius 1 is 1.00 bits per heavy atom. The molecule has 0 aromatic carbocycles. The van der Waals surface area contributed by atoms with Crippen molar-refractivity contribution in [2.75, 3.05) is 6.79 Å². The Morgan fingerprint density at radius 3 is 1.87 bits per heavy atom. The summed E-state index contributed by atoms with van der Waals surface area (Å²) in [5.41, 5.74) is 0. The molecular formula is C7H7O8-. The summed E-state index contributed by atoms with van der Waals surface area (Å²) in [5.74, 6) is -5.25. The topological polar surface area (TPSA) is 130 Å². The average Bonchev–Trinajstić information content (AvgIpc) is 2.00. The van der Waals surface area contributed by atoms with Crippen molar-refractivity contribution in [3.8, 4) is 0 Å². The van der Waals surface area contributed by atoms with Gasteiger partial charge in [0.1, 0.15) is 6.42 Å². The van der Waals surface area contributed by atoms with Gasteiger partial charge in [0.15, 0.2) is 0 Å². The highest BCUT2D eigenvalue weighted by atomic mass is 16.7. The zero-order valence-electron chi connectivity index (χ0n) is 7.43. The van der Waals surface area contributed by atoms with Crippen LogP contribution in [-0.2, 0) is 28.7 Å². The molecule has 0 bridgehead atoms. The van der Waals surface area contributed by atoms with E-state index in [1.807, 2.05) is 0 Å². The molecule has 84 valence electrons. The van der Waals surface area contributed by atoms with Crippen molar-refractivity contribution in [1.29, 1.82) is 0 Å². The minimum absolute atomic E-state index is 0.821. The third-order valence-electron chi connectivity index (χ3n) is 1.02. The zero-order chi connectivity index (χ0) is 11.8. The minimum atomic E-state index is -1.63. The molecule has 0 aliphatic heterocycles. The number of esters is 2. The van der Waals surface area contributed by atoms with Gasteiger partial charge in [-0.15, -0.1) is 0 Å². The van der Waals surface area contributed by atoms with Gasteiger partial charge in [0.2, 0.25) is 6.79 Å². The smallest absolute Gasteiger partial charge is 0.320 e. The second kappa shape index (κ2) is 6.35. The van der Waals surface area contributed by atoms with Gasteiger partial charge in [-0.2, -0.15) is 0 Å². The number of carboxylic acid groups (broad SMARTS) is 2. The Labute approximate surface area is 83.4 Å². The molecule has 0 unspecified atom stereocenters. The zero-order valence-corrected chi connectivity index (χ0v) is 7.43. The van der Waals surface area contributed by atoms with E-state index < -0.39 is 43.5 Å². The van der Waals surface area contributed by atoms with E-state index in [1.165, 1.54) is 0 Å². The highest BCUT2D eigenvalue weighted by molar-refractivity contribution is 5.90. The quantitative estimate of drug-likeness (QED) is 0.298. The molecule has 0 radical (unpaired) electrons. The fraction of sp³-hybridized carbons (Fsp3) is 0.429. The van der Waals surface area contributed by atoms with Crippen molar-refractivity contribution in [2.24, 2.45) is 0 Å². The first-order valence-corrected chi connectivity index (χ1v) is 3.64. The van der Waals surface area contributed by atoms with Gasteiger partial charge in [0.05, 0.1) is 12.4 Å². The Hall–Kier alpha value is -2.12. The molecule has 0 amide bonds. The summed E-state index contributed by atoms with van der Waals surface area (Å²) >= 11 is 0. The van der Waals surface area contributed by atoms with Crippen molar-refractivity contribution in [1.82, 2.24) is 0 Å². The van der Waals surface area contributed by atoms with Crippen LogP contribution in [-0.4, -0.2) is 35.8 Å². The Morgan fingerprint density at radius 2 is 1.47 bits per heavy atom. The number of carboxylic acids is 2. The van der Waals surface area contributed by atoms with Gasteiger partial charge in [-0.1, -0.05) is 0 Å². The van der Waals surface area contributed by atoms with E-state index in [0.717, 1.165) is 0 Å². The lowest BCUT2D eigenvalue weighted by atomic mass is 10.4. The van der Waals surface area contributed by atoms with Gasteiger partial charge in [-0.05, 0) is 0 Å². The maximum Gasteiger partial charge on any atom is 0.320 e. The lowest BCUT2D eigenvalue weighted by Crippen LogP contribution is -2.26. The van der Waals surface area contributed by atoms with Crippen molar-refractivity contribution in [2.45, 2.75) is 12.8 Å². The summed E-state index contributed by atoms with van der Waals surface area (Å²) in [6.45, 7) is -0.821. The van der Waals surface area contributed by atoms with E-state index in [1.54, 1.807) is 0 Å². The second-order valence-corrected chi connectivity index (χ2v) is 2.27. The van der Waals surface area contributed by atoms with Gasteiger partial charge in [-0.25, -0.2) is 0 Å². The summed E-state index contributed by atoms with van der Waals surface area (Å²) in [6, 6.07) is 0. The summed E-state index contributed by atoms with van der Waals surface area (Å²) in [4.78, 5) is 40.9. The molecule has 0 aromatic heterocycles. The van der Waals surface area contributed by atoms with Crippen LogP contribution in [0.5, 0.6) is 0 Å². The van der Waals surface area contributed by atoms with Crippen molar-refractivity contribution >= 4 is 23.9 Å². The first-order valence-electron chi connectivity index (χ1n) is 3.64. The Kier molecular flexibility index (Phi) is 5.45. The van der Waals surface area contributed by atoms with Crippen LogP contribution in [0.3, 0.4) is 0 Å². The molecule has 0 fully saturated rings. The van der Waals surface area contributed by atoms with Gasteiger partial charge in [0.25, 0.3) is 0 Å². The SMILES string of the molecule is O=C([O-])CC(=O)OCOC(=O)CC(=O)O. The molecule has 0 aromatic rings. The van der Waals surface area contributed by atoms with E-state index in [4.69, 9.17) is 5.11 Å². The number of hydrogen-bond acceptors (Lipinski definition) is 7. The maximum absolute atomic E-state index is 10.5. The van der Waals surface area contributed by atoms with Crippen LogP contribution >= 0.6 is 0 Å². The third-order valence-corrected chi connectivity index (χ3v) is 1.02. The molecule has 0 aliphatic rings. The van der Waals surface area contributed by atoms with Crippen LogP contribution in [0.25, 0.3) is 0 Å². The predicted molar refractivity (Wildman–Crippen MR) is 38.9 cm³/mol. The van der Waals surface area contributed by atoms with E-state index in [0.29, 0.717) is 0 Å². The summed E-state index contributed by atoms with van der Waals surface area (Å²) in [7, 11) is 0. The van der Waals surface area contributed by atoms with Crippen LogP contribution in [0.4, 0.5) is 0 Å². The molecule has 0 saturated carbocycles. The van der Waals surface area contributed by atoms with Gasteiger partial charge < -0.3 is 24.5 Å². The van der Waals surface area contributed by atoms with Gasteiger partial charge in [-0.3, -0.25) is 14.4 Å². The van der Waals surface area contributed by atoms with E-state index >= 15 is 0 Å². The van der Waals surface area contributed by atoms with Crippen LogP contribution in [0.15, 0.2) is 0 Å². The summed E-state index contributed by atoms with van der Waals surface area (Å²) in [6.07, 6.45) is -1.82. The lowest BCUT2D eigenvalue weighted by molar-refractivity contribution is -0.305. The molecule has 1 N–H and O–H groups in total. The first kappa shape index (κ1) is 12.9. The molecule has 0 atom stereocenters. The molecule has 0 rings (SSSR count). The van der Waals surface area contributed by atoms with Crippen molar-refractivity contribution < 1.29 is 38.9 Å². The fourth-order valence-corrected chi connectivity index (χ4v) is 0.504. The highest BCUT2D eigenvalue weighted by Gasteiger charge is 2.10. The highest BCUT2D eigenvalue weighted by Crippen LogP contribution is 1.90. The first-order chi connectivity index (χ1) is 6.91. The van der Waals surface area contributed by atoms with E-state index in [9.17, 15) is 24.3 Å². The minimum Gasteiger partial charge on any atom is -0.550 e. The lowest BCUT2D eigenvalue weighted by Gasteiger charge is -2.05. The summed E-state index contributed by atoms with van der Waals surface area (Å²) < 4.78 is 8.24. The monoisotopic (exact) mass is 219 g/mol. The molecule has 0 aliphatic carbocycles. The number of rotatable bonds is 6. The van der Waals surface area contributed by atoms with Gasteiger partial charge in [0, 0.05) is 0 Å². The number of hydrogen-bond donors (Lipinski definition) is 1. The second-order valence-electron chi connectivity index (χ2n) is 2.27. The van der Waals surface area contributed by atoms with Crippen LogP contribution in [0.1, 0.15) is 12.8 Å². The Bertz CT molecular complexity index is 253. The van der Waals surface area contributed by atoms with Crippen LogP contribution in [0, 0.1) is 0 Å². The molecule has 0 heterocycles. The normalized spacial score (nSPS) is 9.07. The molecule has 8 heteroatoms. The standard InChI is InChI=1S/C7H8O8/c8-4(9)1-6(12)14-3-15-7(13)2-5(10)11/h1-3H2,(H,8,9)(H,10,11)/p-1. The Balaban J connectivity index is 3.61. The number of carbonyl (C=O) groups excluding carboxylic acids is 3. The largest absolute Gasteiger partial charge is 0.550 e. The van der Waals surface area contributed by atoms with Crippen LogP contribution < -0.4 is 5.11 Å². The average molecular weight is 219 g/mol. The number of ether oxygens (including phenoxy) is 2. The molecular weight excluding hydrogens is 212 g/mol. The van der Waals surface area contributed by atoms with Crippen molar-refractivity contribution in [3.05, 3.63) is 0 Å². The summed E-state index contributed by atoms with van der Waals surface area (Å²) in [5, 5.41) is 18.0. The molecule has 15 heavy (non-hydrogen) atoms. The number of aliphatic carboxylic acids is 2. The molecule has 0 spiro atoms.